The van der Waals surface area contributed by atoms with Gasteiger partial charge in [-0.15, -0.1) is 0 Å². The first-order valence-electron chi connectivity index (χ1n) is 8.91. The van der Waals surface area contributed by atoms with Crippen LogP contribution in [0.1, 0.15) is 77.0 Å². The zero-order chi connectivity index (χ0) is 17.0. The van der Waals surface area contributed by atoms with E-state index in [1.165, 1.54) is 24.5 Å². The van der Waals surface area contributed by atoms with Crippen molar-refractivity contribution in [2.45, 2.75) is 71.4 Å². The molecule has 1 aliphatic heterocycles. The van der Waals surface area contributed by atoms with Crippen molar-refractivity contribution in [3.05, 3.63) is 35.4 Å². The number of hydrogen-bond donors (Lipinski definition) is 0. The average molecular weight is 317 g/mol. The zero-order valence-electron chi connectivity index (χ0n) is 15.3. The minimum atomic E-state index is -0.480. The zero-order valence-corrected chi connectivity index (χ0v) is 15.3. The lowest BCUT2D eigenvalue weighted by molar-refractivity contribution is -0.167. The molecular formula is C20H31NO2. The molecule has 2 rings (SSSR count). The van der Waals surface area contributed by atoms with Gasteiger partial charge >= 0.3 is 5.97 Å². The van der Waals surface area contributed by atoms with Gasteiger partial charge in [0.2, 0.25) is 0 Å². The molecule has 0 N–H and O–H groups in total. The van der Waals surface area contributed by atoms with Gasteiger partial charge in [-0.1, -0.05) is 51.5 Å². The summed E-state index contributed by atoms with van der Waals surface area (Å²) in [7, 11) is 0. The van der Waals surface area contributed by atoms with E-state index in [2.05, 4.69) is 56.9 Å². The highest BCUT2D eigenvalue weighted by molar-refractivity contribution is 5.66. The number of rotatable bonds is 7. The summed E-state index contributed by atoms with van der Waals surface area (Å²) in [6.45, 7) is 12.4. The molecule has 1 saturated heterocycles. The molecule has 23 heavy (non-hydrogen) atoms. The third kappa shape index (κ3) is 3.95. The Morgan fingerprint density at radius 3 is 2.30 bits per heavy atom. The third-order valence-electron chi connectivity index (χ3n) is 4.87. The minimum Gasteiger partial charge on any atom is -0.458 e. The Balaban J connectivity index is 2.49. The summed E-state index contributed by atoms with van der Waals surface area (Å²) in [6.07, 6.45) is 3.10. The molecule has 0 radical (unpaired) electrons. The highest BCUT2D eigenvalue weighted by atomic mass is 16.6. The maximum Gasteiger partial charge on any atom is 0.303 e. The first-order valence-corrected chi connectivity index (χ1v) is 8.91. The fourth-order valence-electron chi connectivity index (χ4n) is 3.86. The maximum absolute atomic E-state index is 11.8. The van der Waals surface area contributed by atoms with Crippen molar-refractivity contribution in [2.75, 3.05) is 13.1 Å². The van der Waals surface area contributed by atoms with Crippen LogP contribution in [0.4, 0.5) is 0 Å². The normalized spacial score (nSPS) is 19.0. The van der Waals surface area contributed by atoms with Crippen LogP contribution in [0.25, 0.3) is 0 Å². The summed E-state index contributed by atoms with van der Waals surface area (Å²) >= 11 is 0. The van der Waals surface area contributed by atoms with Gasteiger partial charge in [0.05, 0.1) is 6.04 Å². The molecule has 0 saturated carbocycles. The number of nitrogens with zero attached hydrogens (tertiary/aromatic N) is 1. The Hall–Kier alpha value is -1.35. The SMILES string of the molecule is CCCC(C)(OC(C)=O)C(c1ccccc1C(C)C)N1CCC1. The Bertz CT molecular complexity index is 536. The van der Waals surface area contributed by atoms with Gasteiger partial charge in [-0.25, -0.2) is 0 Å². The van der Waals surface area contributed by atoms with Gasteiger partial charge < -0.3 is 4.74 Å². The van der Waals surface area contributed by atoms with Crippen molar-refractivity contribution >= 4 is 5.97 Å². The molecule has 1 heterocycles. The summed E-state index contributed by atoms with van der Waals surface area (Å²) in [4.78, 5) is 14.2. The largest absolute Gasteiger partial charge is 0.458 e. The molecule has 0 bridgehead atoms. The van der Waals surface area contributed by atoms with E-state index in [9.17, 15) is 4.79 Å². The summed E-state index contributed by atoms with van der Waals surface area (Å²) in [5.41, 5.74) is 2.20. The van der Waals surface area contributed by atoms with Crippen molar-refractivity contribution in [1.82, 2.24) is 4.90 Å². The molecule has 0 spiro atoms. The molecule has 0 aliphatic carbocycles. The van der Waals surface area contributed by atoms with Crippen molar-refractivity contribution in [3.63, 3.8) is 0 Å². The lowest BCUT2D eigenvalue weighted by Crippen LogP contribution is -2.52. The summed E-state index contributed by atoms with van der Waals surface area (Å²) in [6, 6.07) is 8.78. The number of esters is 1. The van der Waals surface area contributed by atoms with Crippen LogP contribution in [0.2, 0.25) is 0 Å². The van der Waals surface area contributed by atoms with E-state index >= 15 is 0 Å². The number of hydrogen-bond acceptors (Lipinski definition) is 3. The Morgan fingerprint density at radius 1 is 1.26 bits per heavy atom. The van der Waals surface area contributed by atoms with Crippen LogP contribution in [0.3, 0.4) is 0 Å². The van der Waals surface area contributed by atoms with E-state index in [-0.39, 0.29) is 12.0 Å². The highest BCUT2D eigenvalue weighted by Gasteiger charge is 2.44. The molecule has 1 aromatic rings. The van der Waals surface area contributed by atoms with E-state index in [1.807, 2.05) is 0 Å². The van der Waals surface area contributed by atoms with Crippen LogP contribution in [-0.4, -0.2) is 29.6 Å². The summed E-state index contributed by atoms with van der Waals surface area (Å²) in [5.74, 6) is 0.270. The maximum atomic E-state index is 11.8. The predicted octanol–water partition coefficient (Wildman–Crippen LogP) is 4.68. The standard InChI is InChI=1S/C20H31NO2/c1-6-12-20(5,23-16(4)22)19(21-13-9-14-21)18-11-8-7-10-17(18)15(2)3/h7-8,10-11,15,19H,6,9,12-14H2,1-5H3. The van der Waals surface area contributed by atoms with Gasteiger partial charge in [-0.2, -0.15) is 0 Å². The molecule has 2 unspecified atom stereocenters. The molecule has 3 heteroatoms. The van der Waals surface area contributed by atoms with Gasteiger partial charge in [-0.3, -0.25) is 9.69 Å². The number of carbonyl (C=O) groups is 1. The Labute approximate surface area is 141 Å². The van der Waals surface area contributed by atoms with Crippen molar-refractivity contribution in [3.8, 4) is 0 Å². The molecule has 128 valence electrons. The first-order chi connectivity index (χ1) is 10.9. The van der Waals surface area contributed by atoms with Crippen molar-refractivity contribution in [1.29, 1.82) is 0 Å². The molecule has 2 atom stereocenters. The smallest absolute Gasteiger partial charge is 0.303 e. The van der Waals surface area contributed by atoms with Crippen molar-refractivity contribution < 1.29 is 9.53 Å². The highest BCUT2D eigenvalue weighted by Crippen LogP contribution is 2.42. The quantitative estimate of drug-likeness (QED) is 0.684. The topological polar surface area (TPSA) is 29.5 Å². The fraction of sp³-hybridized carbons (Fsp3) is 0.650. The number of benzene rings is 1. The Morgan fingerprint density at radius 2 is 1.87 bits per heavy atom. The number of ether oxygens (including phenoxy) is 1. The molecule has 1 aromatic carbocycles. The average Bonchev–Trinajstić information content (AvgIpc) is 2.41. The molecule has 1 fully saturated rings. The molecular weight excluding hydrogens is 286 g/mol. The summed E-state index contributed by atoms with van der Waals surface area (Å²) < 4.78 is 5.91. The van der Waals surface area contributed by atoms with Crippen LogP contribution in [0.15, 0.2) is 24.3 Å². The van der Waals surface area contributed by atoms with Crippen LogP contribution in [-0.2, 0) is 9.53 Å². The van der Waals surface area contributed by atoms with Gasteiger partial charge in [0.15, 0.2) is 0 Å². The van der Waals surface area contributed by atoms with Crippen LogP contribution in [0.5, 0.6) is 0 Å². The van der Waals surface area contributed by atoms with Crippen LogP contribution >= 0.6 is 0 Å². The number of likely N-dealkylation sites (tertiary alicyclic amines) is 1. The molecule has 0 aromatic heterocycles. The van der Waals surface area contributed by atoms with Gasteiger partial charge in [-0.05, 0) is 36.8 Å². The van der Waals surface area contributed by atoms with Gasteiger partial charge in [0.1, 0.15) is 5.60 Å². The Kier molecular flexibility index (Phi) is 5.85. The van der Waals surface area contributed by atoms with Gasteiger partial charge in [0, 0.05) is 20.0 Å². The van der Waals surface area contributed by atoms with Crippen LogP contribution in [0, 0.1) is 0 Å². The lowest BCUT2D eigenvalue weighted by atomic mass is 9.80. The summed E-state index contributed by atoms with van der Waals surface area (Å²) in [5, 5.41) is 0. The second-order valence-corrected chi connectivity index (χ2v) is 7.23. The molecule has 1 aliphatic rings. The lowest BCUT2D eigenvalue weighted by Gasteiger charge is -2.48. The second-order valence-electron chi connectivity index (χ2n) is 7.23. The van der Waals surface area contributed by atoms with E-state index in [0.29, 0.717) is 5.92 Å². The van der Waals surface area contributed by atoms with Crippen LogP contribution < -0.4 is 0 Å². The van der Waals surface area contributed by atoms with E-state index in [1.54, 1.807) is 0 Å². The van der Waals surface area contributed by atoms with E-state index < -0.39 is 5.60 Å². The molecule has 0 amide bonds. The van der Waals surface area contributed by atoms with E-state index in [4.69, 9.17) is 4.74 Å². The second kappa shape index (κ2) is 7.48. The van der Waals surface area contributed by atoms with Crippen molar-refractivity contribution in [2.24, 2.45) is 0 Å². The number of carbonyl (C=O) groups excluding carboxylic acids is 1. The van der Waals surface area contributed by atoms with E-state index in [0.717, 1.165) is 25.9 Å². The monoisotopic (exact) mass is 317 g/mol. The fourth-order valence-corrected chi connectivity index (χ4v) is 3.86. The minimum absolute atomic E-state index is 0.138. The first kappa shape index (κ1) is 18.0. The third-order valence-corrected chi connectivity index (χ3v) is 4.87. The molecule has 3 nitrogen and oxygen atoms in total. The van der Waals surface area contributed by atoms with Gasteiger partial charge in [0.25, 0.3) is 0 Å². The predicted molar refractivity (Wildman–Crippen MR) is 94.5 cm³/mol.